The van der Waals surface area contributed by atoms with Gasteiger partial charge in [0, 0.05) is 5.69 Å². The molecule has 0 atom stereocenters. The molecule has 138 valence electrons. The van der Waals surface area contributed by atoms with Crippen LogP contribution in [0.4, 0.5) is 15.8 Å². The third-order valence-electron chi connectivity index (χ3n) is 4.71. The normalized spacial score (nSPS) is 10.6. The molecule has 0 aliphatic rings. The fourth-order valence-electron chi connectivity index (χ4n) is 2.97. The van der Waals surface area contributed by atoms with Gasteiger partial charge in [-0.25, -0.2) is 9.18 Å². The molecule has 0 aliphatic heterocycles. The number of hydrogen-bond donors (Lipinski definition) is 2. The highest BCUT2D eigenvalue weighted by molar-refractivity contribution is 5.95. The standard InChI is InChI=1S/C23H22FNO2/c1-15-3-4-17(13-16(15)2)5-6-18-7-12-21(23(26)27)22(14-18)25-20-10-8-19(24)9-11-20/h3-4,7-14,25H,5-6H2,1-2H3,(H,26,27). The van der Waals surface area contributed by atoms with Crippen LogP contribution in [0.3, 0.4) is 0 Å². The monoisotopic (exact) mass is 363 g/mol. The minimum absolute atomic E-state index is 0.189. The van der Waals surface area contributed by atoms with E-state index in [9.17, 15) is 14.3 Å². The van der Waals surface area contributed by atoms with E-state index in [1.807, 2.05) is 12.1 Å². The van der Waals surface area contributed by atoms with Gasteiger partial charge in [0.2, 0.25) is 0 Å². The molecule has 0 saturated heterocycles. The highest BCUT2D eigenvalue weighted by atomic mass is 19.1. The van der Waals surface area contributed by atoms with Gasteiger partial charge >= 0.3 is 5.97 Å². The summed E-state index contributed by atoms with van der Waals surface area (Å²) in [7, 11) is 0. The van der Waals surface area contributed by atoms with Crippen LogP contribution >= 0.6 is 0 Å². The summed E-state index contributed by atoms with van der Waals surface area (Å²) in [5.41, 5.74) is 6.19. The Morgan fingerprint density at radius 3 is 2.15 bits per heavy atom. The molecule has 3 aromatic rings. The summed E-state index contributed by atoms with van der Waals surface area (Å²) in [6.45, 7) is 4.20. The summed E-state index contributed by atoms with van der Waals surface area (Å²) in [6, 6.07) is 17.6. The number of hydrogen-bond acceptors (Lipinski definition) is 2. The molecule has 0 fully saturated rings. The molecule has 2 N–H and O–H groups in total. The number of aryl methyl sites for hydroxylation is 4. The van der Waals surface area contributed by atoms with Crippen LogP contribution in [-0.4, -0.2) is 11.1 Å². The topological polar surface area (TPSA) is 49.3 Å². The molecule has 3 rings (SSSR count). The van der Waals surface area contributed by atoms with Crippen LogP contribution in [0.2, 0.25) is 0 Å². The van der Waals surface area contributed by atoms with Crippen molar-refractivity contribution in [1.82, 2.24) is 0 Å². The number of nitrogens with one attached hydrogen (secondary N) is 1. The van der Waals surface area contributed by atoms with Crippen molar-refractivity contribution in [1.29, 1.82) is 0 Å². The molecule has 0 heterocycles. The van der Waals surface area contributed by atoms with Crippen LogP contribution in [0.25, 0.3) is 0 Å². The second kappa shape index (κ2) is 8.04. The molecule has 0 spiro atoms. The zero-order valence-electron chi connectivity index (χ0n) is 15.4. The predicted molar refractivity (Wildman–Crippen MR) is 106 cm³/mol. The molecular formula is C23H22FNO2. The van der Waals surface area contributed by atoms with Crippen molar-refractivity contribution in [3.8, 4) is 0 Å². The third kappa shape index (κ3) is 4.73. The molecule has 0 aliphatic carbocycles. The molecule has 27 heavy (non-hydrogen) atoms. The smallest absolute Gasteiger partial charge is 0.337 e. The van der Waals surface area contributed by atoms with E-state index in [2.05, 4.69) is 37.4 Å². The van der Waals surface area contributed by atoms with Gasteiger partial charge in [0.25, 0.3) is 0 Å². The van der Waals surface area contributed by atoms with E-state index in [-0.39, 0.29) is 11.4 Å². The van der Waals surface area contributed by atoms with E-state index in [0.29, 0.717) is 11.4 Å². The van der Waals surface area contributed by atoms with E-state index in [4.69, 9.17) is 0 Å². The second-order valence-electron chi connectivity index (χ2n) is 6.74. The van der Waals surface area contributed by atoms with Crippen LogP contribution in [0.1, 0.15) is 32.6 Å². The summed E-state index contributed by atoms with van der Waals surface area (Å²) in [4.78, 5) is 11.5. The van der Waals surface area contributed by atoms with Gasteiger partial charge in [-0.3, -0.25) is 0 Å². The molecule has 0 unspecified atom stereocenters. The quantitative estimate of drug-likeness (QED) is 0.593. The average Bonchev–Trinajstić information content (AvgIpc) is 2.64. The van der Waals surface area contributed by atoms with Gasteiger partial charge in [-0.2, -0.15) is 0 Å². The summed E-state index contributed by atoms with van der Waals surface area (Å²) in [5, 5.41) is 12.5. The van der Waals surface area contributed by atoms with Gasteiger partial charge < -0.3 is 10.4 Å². The molecule has 0 bridgehead atoms. The first-order valence-electron chi connectivity index (χ1n) is 8.87. The van der Waals surface area contributed by atoms with Gasteiger partial charge in [0.1, 0.15) is 5.82 Å². The summed E-state index contributed by atoms with van der Waals surface area (Å²) in [6.07, 6.45) is 1.68. The highest BCUT2D eigenvalue weighted by Gasteiger charge is 2.11. The summed E-state index contributed by atoms with van der Waals surface area (Å²) in [5.74, 6) is -1.33. The first-order valence-corrected chi connectivity index (χ1v) is 8.87. The number of anilines is 2. The zero-order valence-corrected chi connectivity index (χ0v) is 15.4. The largest absolute Gasteiger partial charge is 0.478 e. The molecule has 0 radical (unpaired) electrons. The van der Waals surface area contributed by atoms with Gasteiger partial charge in [0.05, 0.1) is 11.3 Å². The lowest BCUT2D eigenvalue weighted by molar-refractivity contribution is 0.0698. The highest BCUT2D eigenvalue weighted by Crippen LogP contribution is 2.24. The minimum Gasteiger partial charge on any atom is -0.478 e. The Morgan fingerprint density at radius 1 is 0.889 bits per heavy atom. The Morgan fingerprint density at radius 2 is 1.52 bits per heavy atom. The first-order chi connectivity index (χ1) is 12.9. The zero-order chi connectivity index (χ0) is 19.4. The maximum Gasteiger partial charge on any atom is 0.337 e. The molecular weight excluding hydrogens is 341 g/mol. The summed E-state index contributed by atoms with van der Waals surface area (Å²) < 4.78 is 13.1. The van der Waals surface area contributed by atoms with Crippen LogP contribution < -0.4 is 5.32 Å². The molecule has 0 aromatic heterocycles. The summed E-state index contributed by atoms with van der Waals surface area (Å²) >= 11 is 0. The molecule has 0 saturated carbocycles. The van der Waals surface area contributed by atoms with Crippen molar-refractivity contribution in [3.05, 3.63) is 94.3 Å². The third-order valence-corrected chi connectivity index (χ3v) is 4.71. The number of rotatable bonds is 6. The molecule has 3 nitrogen and oxygen atoms in total. The van der Waals surface area contributed by atoms with Gasteiger partial charge in [-0.05, 0) is 85.3 Å². The maximum absolute atomic E-state index is 13.1. The van der Waals surface area contributed by atoms with Crippen molar-refractivity contribution in [2.24, 2.45) is 0 Å². The lowest BCUT2D eigenvalue weighted by Gasteiger charge is -2.12. The minimum atomic E-state index is -1.000. The first kappa shape index (κ1) is 18.6. The predicted octanol–water partition coefficient (Wildman–Crippen LogP) is 5.67. The number of carbonyl (C=O) groups is 1. The van der Waals surface area contributed by atoms with E-state index in [1.54, 1.807) is 18.2 Å². The molecule has 4 heteroatoms. The van der Waals surface area contributed by atoms with Crippen molar-refractivity contribution in [2.75, 3.05) is 5.32 Å². The SMILES string of the molecule is Cc1ccc(CCc2ccc(C(=O)O)c(Nc3ccc(F)cc3)c2)cc1C. The van der Waals surface area contributed by atoms with E-state index in [0.717, 1.165) is 18.4 Å². The fourth-order valence-corrected chi connectivity index (χ4v) is 2.97. The number of halogens is 1. The van der Waals surface area contributed by atoms with Crippen LogP contribution in [0.15, 0.2) is 60.7 Å². The van der Waals surface area contributed by atoms with E-state index in [1.165, 1.54) is 28.8 Å². The van der Waals surface area contributed by atoms with Crippen LogP contribution in [0.5, 0.6) is 0 Å². The van der Waals surface area contributed by atoms with Crippen molar-refractivity contribution < 1.29 is 14.3 Å². The van der Waals surface area contributed by atoms with E-state index < -0.39 is 5.97 Å². The van der Waals surface area contributed by atoms with Gasteiger partial charge in [0.15, 0.2) is 0 Å². The molecule has 0 amide bonds. The fraction of sp³-hybridized carbons (Fsp3) is 0.174. The Balaban J connectivity index is 1.80. The molecule has 3 aromatic carbocycles. The maximum atomic E-state index is 13.1. The van der Waals surface area contributed by atoms with Crippen molar-refractivity contribution in [3.63, 3.8) is 0 Å². The Labute approximate surface area is 158 Å². The Kier molecular flexibility index (Phi) is 5.55. The van der Waals surface area contributed by atoms with Crippen LogP contribution in [0, 0.1) is 19.7 Å². The van der Waals surface area contributed by atoms with E-state index >= 15 is 0 Å². The van der Waals surface area contributed by atoms with Gasteiger partial charge in [-0.15, -0.1) is 0 Å². The van der Waals surface area contributed by atoms with Crippen molar-refractivity contribution >= 4 is 17.3 Å². The van der Waals surface area contributed by atoms with Crippen LogP contribution in [-0.2, 0) is 12.8 Å². The lowest BCUT2D eigenvalue weighted by atomic mass is 9.99. The second-order valence-corrected chi connectivity index (χ2v) is 6.74. The van der Waals surface area contributed by atoms with Gasteiger partial charge in [-0.1, -0.05) is 24.3 Å². The lowest BCUT2D eigenvalue weighted by Crippen LogP contribution is -2.04. The van der Waals surface area contributed by atoms with Crippen molar-refractivity contribution in [2.45, 2.75) is 26.7 Å². The average molecular weight is 363 g/mol. The number of aromatic carboxylic acids is 1. The number of carboxylic acids is 1. The Hall–Kier alpha value is -3.14. The Bertz CT molecular complexity index is 965. The number of carboxylic acid groups (broad SMARTS) is 1. The number of benzene rings is 3.